The molecule has 0 unspecified atom stereocenters. The number of hydrogen-bond acceptors (Lipinski definition) is 4. The first-order valence-electron chi connectivity index (χ1n) is 6.14. The molecule has 0 saturated heterocycles. The maximum absolute atomic E-state index is 5.99. The second kappa shape index (κ2) is 5.40. The summed E-state index contributed by atoms with van der Waals surface area (Å²) in [5.74, 6) is 0. The maximum Gasteiger partial charge on any atom is 0.186 e. The molecule has 0 aliphatic carbocycles. The van der Waals surface area contributed by atoms with E-state index < -0.39 is 0 Å². The van der Waals surface area contributed by atoms with E-state index >= 15 is 0 Å². The predicted molar refractivity (Wildman–Crippen MR) is 79.2 cm³/mol. The molecule has 0 saturated carbocycles. The average molecular weight is 261 g/mol. The van der Waals surface area contributed by atoms with Gasteiger partial charge in [-0.15, -0.1) is 11.3 Å². The fourth-order valence-corrected chi connectivity index (χ4v) is 2.76. The smallest absolute Gasteiger partial charge is 0.186 e. The van der Waals surface area contributed by atoms with Crippen molar-refractivity contribution < 1.29 is 0 Å². The van der Waals surface area contributed by atoms with Gasteiger partial charge < -0.3 is 10.6 Å². The van der Waals surface area contributed by atoms with E-state index in [0.717, 1.165) is 35.2 Å². The number of hydrogen-bond donors (Lipinski definition) is 1. The fraction of sp³-hybridized carbons (Fsp3) is 0.357. The Hall–Kier alpha value is -1.55. The molecular weight excluding hydrogens is 242 g/mol. The first-order chi connectivity index (χ1) is 8.61. The molecule has 0 aliphatic heterocycles. The third kappa shape index (κ3) is 2.64. The summed E-state index contributed by atoms with van der Waals surface area (Å²) < 4.78 is 0. The van der Waals surface area contributed by atoms with Crippen LogP contribution in [-0.2, 0) is 6.54 Å². The number of benzene rings is 1. The van der Waals surface area contributed by atoms with E-state index in [-0.39, 0.29) is 0 Å². The van der Waals surface area contributed by atoms with Gasteiger partial charge in [-0.05, 0) is 32.4 Å². The van der Waals surface area contributed by atoms with Crippen LogP contribution in [0.3, 0.4) is 0 Å². The van der Waals surface area contributed by atoms with Crippen LogP contribution in [0.25, 0.3) is 0 Å². The Morgan fingerprint density at radius 2 is 2.00 bits per heavy atom. The molecule has 4 heteroatoms. The number of aromatic nitrogens is 1. The number of nitrogens with two attached hydrogens (primary N) is 1. The monoisotopic (exact) mass is 261 g/mol. The Bertz CT molecular complexity index is 514. The maximum atomic E-state index is 5.99. The van der Waals surface area contributed by atoms with Gasteiger partial charge in [0.15, 0.2) is 5.13 Å². The minimum Gasteiger partial charge on any atom is -0.398 e. The van der Waals surface area contributed by atoms with Gasteiger partial charge in [-0.2, -0.15) is 0 Å². The molecule has 0 amide bonds. The van der Waals surface area contributed by atoms with Gasteiger partial charge in [0.2, 0.25) is 0 Å². The van der Waals surface area contributed by atoms with E-state index in [1.54, 1.807) is 11.3 Å². The van der Waals surface area contributed by atoms with Gasteiger partial charge in [-0.25, -0.2) is 4.98 Å². The zero-order chi connectivity index (χ0) is 13.1. The van der Waals surface area contributed by atoms with Crippen molar-refractivity contribution in [1.82, 2.24) is 4.98 Å². The average Bonchev–Trinajstić information content (AvgIpc) is 2.68. The lowest BCUT2D eigenvalue weighted by Crippen LogP contribution is -2.22. The van der Waals surface area contributed by atoms with Crippen molar-refractivity contribution in [2.75, 3.05) is 17.2 Å². The molecule has 2 rings (SSSR count). The first-order valence-corrected chi connectivity index (χ1v) is 6.95. The third-order valence-electron chi connectivity index (χ3n) is 3.09. The minimum atomic E-state index is 0.815. The van der Waals surface area contributed by atoms with E-state index in [9.17, 15) is 0 Å². The Kier molecular flexibility index (Phi) is 3.87. The number of thiazole rings is 1. The number of nitrogen functional groups attached to an aromatic ring is 1. The number of nitrogens with zero attached hydrogens (tertiary/aromatic N) is 2. The molecule has 0 aliphatic rings. The molecule has 2 N–H and O–H groups in total. The highest BCUT2D eigenvalue weighted by atomic mass is 32.1. The van der Waals surface area contributed by atoms with Crippen molar-refractivity contribution >= 4 is 22.2 Å². The topological polar surface area (TPSA) is 42.1 Å². The van der Waals surface area contributed by atoms with Crippen LogP contribution in [0, 0.1) is 13.8 Å². The SMILES string of the molecule is CCN(Cc1ccccc1N)c1nc(C)c(C)s1. The Balaban J connectivity index is 2.22. The lowest BCUT2D eigenvalue weighted by Gasteiger charge is -2.20. The Labute approximate surface area is 112 Å². The highest BCUT2D eigenvalue weighted by Gasteiger charge is 2.12. The molecular formula is C14H19N3S. The van der Waals surface area contributed by atoms with E-state index in [1.807, 2.05) is 18.2 Å². The van der Waals surface area contributed by atoms with Crippen molar-refractivity contribution in [2.24, 2.45) is 0 Å². The van der Waals surface area contributed by atoms with Crippen LogP contribution >= 0.6 is 11.3 Å². The van der Waals surface area contributed by atoms with Gasteiger partial charge in [0.1, 0.15) is 0 Å². The molecule has 2 aromatic rings. The van der Waals surface area contributed by atoms with Crippen LogP contribution in [0.5, 0.6) is 0 Å². The molecule has 0 spiro atoms. The van der Waals surface area contributed by atoms with Gasteiger partial charge >= 0.3 is 0 Å². The first kappa shape index (κ1) is 12.9. The van der Waals surface area contributed by atoms with Crippen molar-refractivity contribution in [2.45, 2.75) is 27.3 Å². The largest absolute Gasteiger partial charge is 0.398 e. The molecule has 1 aromatic heterocycles. The number of anilines is 2. The highest BCUT2D eigenvalue weighted by molar-refractivity contribution is 7.15. The summed E-state index contributed by atoms with van der Waals surface area (Å²) in [4.78, 5) is 8.15. The minimum absolute atomic E-state index is 0.815. The molecule has 1 aromatic carbocycles. The van der Waals surface area contributed by atoms with E-state index in [2.05, 4.69) is 36.7 Å². The molecule has 0 atom stereocenters. The number of para-hydroxylation sites is 1. The molecule has 1 heterocycles. The van der Waals surface area contributed by atoms with Crippen LogP contribution in [-0.4, -0.2) is 11.5 Å². The molecule has 0 bridgehead atoms. The normalized spacial score (nSPS) is 10.6. The van der Waals surface area contributed by atoms with Crippen molar-refractivity contribution in [1.29, 1.82) is 0 Å². The van der Waals surface area contributed by atoms with Gasteiger partial charge in [-0.3, -0.25) is 0 Å². The van der Waals surface area contributed by atoms with Crippen LogP contribution in [0.4, 0.5) is 10.8 Å². The predicted octanol–water partition coefficient (Wildman–Crippen LogP) is 3.37. The summed E-state index contributed by atoms with van der Waals surface area (Å²) in [6, 6.07) is 8.01. The molecule has 0 radical (unpaired) electrons. The fourth-order valence-electron chi connectivity index (χ4n) is 1.79. The summed E-state index contributed by atoms with van der Waals surface area (Å²) in [6.45, 7) is 8.06. The van der Waals surface area contributed by atoms with Gasteiger partial charge in [-0.1, -0.05) is 18.2 Å². The highest BCUT2D eigenvalue weighted by Crippen LogP contribution is 2.27. The summed E-state index contributed by atoms with van der Waals surface area (Å²) >= 11 is 1.75. The van der Waals surface area contributed by atoms with Crippen LogP contribution in [0.1, 0.15) is 23.1 Å². The summed E-state index contributed by atoms with van der Waals surface area (Å²) in [5, 5.41) is 1.08. The number of aryl methyl sites for hydroxylation is 2. The Morgan fingerprint density at radius 3 is 2.56 bits per heavy atom. The van der Waals surface area contributed by atoms with Crippen LogP contribution in [0.2, 0.25) is 0 Å². The Morgan fingerprint density at radius 1 is 1.28 bits per heavy atom. The van der Waals surface area contributed by atoms with Gasteiger partial charge in [0, 0.05) is 23.7 Å². The quantitative estimate of drug-likeness (QED) is 0.858. The summed E-state index contributed by atoms with van der Waals surface area (Å²) in [7, 11) is 0. The van der Waals surface area contributed by atoms with Gasteiger partial charge in [0.25, 0.3) is 0 Å². The standard InChI is InChI=1S/C14H19N3S/c1-4-17(14-16-10(2)11(3)18-14)9-12-7-5-6-8-13(12)15/h5-8H,4,9,15H2,1-3H3. The lowest BCUT2D eigenvalue weighted by atomic mass is 10.2. The van der Waals surface area contributed by atoms with Crippen molar-refractivity contribution in [3.8, 4) is 0 Å². The van der Waals surface area contributed by atoms with Crippen molar-refractivity contribution in [3.63, 3.8) is 0 Å². The van der Waals surface area contributed by atoms with E-state index in [4.69, 9.17) is 5.73 Å². The van der Waals surface area contributed by atoms with E-state index in [1.165, 1.54) is 4.88 Å². The molecule has 0 fully saturated rings. The molecule has 96 valence electrons. The molecule has 18 heavy (non-hydrogen) atoms. The van der Waals surface area contributed by atoms with Crippen LogP contribution in [0.15, 0.2) is 24.3 Å². The van der Waals surface area contributed by atoms with Crippen LogP contribution < -0.4 is 10.6 Å². The van der Waals surface area contributed by atoms with Gasteiger partial charge in [0.05, 0.1) is 5.69 Å². The zero-order valence-electron chi connectivity index (χ0n) is 11.1. The summed E-state index contributed by atoms with van der Waals surface area (Å²) in [6.07, 6.45) is 0. The second-order valence-electron chi connectivity index (χ2n) is 4.35. The zero-order valence-corrected chi connectivity index (χ0v) is 11.9. The third-order valence-corrected chi connectivity index (χ3v) is 4.22. The second-order valence-corrected chi connectivity index (χ2v) is 5.53. The molecule has 3 nitrogen and oxygen atoms in total. The van der Waals surface area contributed by atoms with Crippen molar-refractivity contribution in [3.05, 3.63) is 40.4 Å². The number of rotatable bonds is 4. The van der Waals surface area contributed by atoms with E-state index in [0.29, 0.717) is 0 Å². The summed E-state index contributed by atoms with van der Waals surface area (Å²) in [5.41, 5.74) is 9.12. The lowest BCUT2D eigenvalue weighted by molar-refractivity contribution is 0.826.